The van der Waals surface area contributed by atoms with Crippen LogP contribution in [0.15, 0.2) is 48.7 Å². The highest BCUT2D eigenvalue weighted by atomic mass is 19.4. The summed E-state index contributed by atoms with van der Waals surface area (Å²) in [5, 5.41) is 10.5. The minimum atomic E-state index is -4.66. The molecule has 132 valence electrons. The summed E-state index contributed by atoms with van der Waals surface area (Å²) in [7, 11) is 1.17. The topological polar surface area (TPSA) is 61.6 Å². The molecule has 2 rings (SSSR count). The predicted octanol–water partition coefficient (Wildman–Crippen LogP) is 4.54. The summed E-state index contributed by atoms with van der Waals surface area (Å²) in [5.74, 6) is -0.729. The van der Waals surface area contributed by atoms with E-state index in [1.165, 1.54) is 7.11 Å². The lowest BCUT2D eigenvalue weighted by Crippen LogP contribution is -2.10. The SMILES string of the molecule is COc1c(/C=C/[N+](=O)[O-])ccc(C(F)(F)F)c1OCc1ccccc1. The number of hydrogen-bond acceptors (Lipinski definition) is 4. The molecule has 2 aromatic rings. The highest BCUT2D eigenvalue weighted by Gasteiger charge is 2.36. The lowest BCUT2D eigenvalue weighted by Gasteiger charge is -2.18. The Morgan fingerprint density at radius 3 is 2.36 bits per heavy atom. The maximum Gasteiger partial charge on any atom is 0.420 e. The molecule has 0 N–H and O–H groups in total. The van der Waals surface area contributed by atoms with Gasteiger partial charge >= 0.3 is 6.18 Å². The second-order valence-corrected chi connectivity index (χ2v) is 4.94. The van der Waals surface area contributed by atoms with Crippen LogP contribution in [0.1, 0.15) is 16.7 Å². The predicted molar refractivity (Wildman–Crippen MR) is 84.8 cm³/mol. The number of alkyl halides is 3. The van der Waals surface area contributed by atoms with Crippen molar-refractivity contribution in [2.24, 2.45) is 0 Å². The van der Waals surface area contributed by atoms with Crippen LogP contribution >= 0.6 is 0 Å². The summed E-state index contributed by atoms with van der Waals surface area (Å²) in [5.41, 5.74) is -0.238. The first-order valence-corrected chi connectivity index (χ1v) is 7.09. The highest BCUT2D eigenvalue weighted by molar-refractivity contribution is 5.64. The van der Waals surface area contributed by atoms with Crippen LogP contribution in [0.3, 0.4) is 0 Å². The average Bonchev–Trinajstić information content (AvgIpc) is 2.57. The number of ether oxygens (including phenoxy) is 2. The number of nitrogens with zero attached hydrogens (tertiary/aromatic N) is 1. The summed E-state index contributed by atoms with van der Waals surface area (Å²) in [6.07, 6.45) is -2.99. The van der Waals surface area contributed by atoms with Gasteiger partial charge in [0.15, 0.2) is 11.5 Å². The van der Waals surface area contributed by atoms with Crippen LogP contribution in [-0.4, -0.2) is 12.0 Å². The van der Waals surface area contributed by atoms with Gasteiger partial charge in [-0.05, 0) is 11.6 Å². The molecule has 0 saturated carbocycles. The summed E-state index contributed by atoms with van der Waals surface area (Å²) in [6.45, 7) is -0.108. The molecular formula is C17H14F3NO4. The zero-order chi connectivity index (χ0) is 18.4. The molecule has 5 nitrogen and oxygen atoms in total. The van der Waals surface area contributed by atoms with Gasteiger partial charge in [-0.25, -0.2) is 0 Å². The Kier molecular flexibility index (Phi) is 5.63. The molecule has 0 spiro atoms. The normalized spacial score (nSPS) is 11.5. The van der Waals surface area contributed by atoms with Crippen LogP contribution in [0, 0.1) is 10.1 Å². The Morgan fingerprint density at radius 1 is 1.12 bits per heavy atom. The minimum Gasteiger partial charge on any atom is -0.492 e. The molecular weight excluding hydrogens is 339 g/mol. The van der Waals surface area contributed by atoms with E-state index in [2.05, 4.69) is 0 Å². The van der Waals surface area contributed by atoms with Crippen molar-refractivity contribution >= 4 is 6.08 Å². The Labute approximate surface area is 141 Å². The number of nitro groups is 1. The lowest BCUT2D eigenvalue weighted by molar-refractivity contribution is -0.400. The number of methoxy groups -OCH3 is 1. The number of hydrogen-bond donors (Lipinski definition) is 0. The smallest absolute Gasteiger partial charge is 0.420 e. The molecule has 8 heteroatoms. The average molecular weight is 353 g/mol. The molecule has 0 unspecified atom stereocenters. The summed E-state index contributed by atoms with van der Waals surface area (Å²) < 4.78 is 50.2. The molecule has 25 heavy (non-hydrogen) atoms. The highest BCUT2D eigenvalue weighted by Crippen LogP contribution is 2.44. The van der Waals surface area contributed by atoms with Gasteiger partial charge in [0, 0.05) is 11.6 Å². The standard InChI is InChI=1S/C17H14F3NO4/c1-24-15-13(9-10-21(22)23)7-8-14(17(18,19)20)16(15)25-11-12-5-3-2-4-6-12/h2-10H,11H2,1H3/b10-9+. The Hall–Kier alpha value is -3.03. The summed E-state index contributed by atoms with van der Waals surface area (Å²) in [4.78, 5) is 9.74. The zero-order valence-corrected chi connectivity index (χ0v) is 13.1. The largest absolute Gasteiger partial charge is 0.492 e. The van der Waals surface area contributed by atoms with Gasteiger partial charge in [-0.15, -0.1) is 0 Å². The van der Waals surface area contributed by atoms with Gasteiger partial charge in [0.1, 0.15) is 12.2 Å². The van der Waals surface area contributed by atoms with Crippen molar-refractivity contribution in [3.05, 3.63) is 75.5 Å². The number of halogens is 3. The third kappa shape index (κ3) is 4.72. The van der Waals surface area contributed by atoms with E-state index in [-0.39, 0.29) is 17.9 Å². The monoisotopic (exact) mass is 353 g/mol. The third-order valence-corrected chi connectivity index (χ3v) is 3.25. The Bertz CT molecular complexity index is 773. The molecule has 0 fully saturated rings. The Balaban J connectivity index is 2.47. The summed E-state index contributed by atoms with van der Waals surface area (Å²) >= 11 is 0. The van der Waals surface area contributed by atoms with Crippen molar-refractivity contribution in [2.45, 2.75) is 12.8 Å². The molecule has 0 saturated heterocycles. The van der Waals surface area contributed by atoms with Crippen LogP contribution < -0.4 is 9.47 Å². The number of rotatable bonds is 6. The van der Waals surface area contributed by atoms with Crippen molar-refractivity contribution in [1.82, 2.24) is 0 Å². The first-order chi connectivity index (χ1) is 11.8. The molecule has 0 amide bonds. The van der Waals surface area contributed by atoms with E-state index in [9.17, 15) is 23.3 Å². The molecule has 0 aromatic heterocycles. The van der Waals surface area contributed by atoms with Crippen LogP contribution in [0.25, 0.3) is 6.08 Å². The molecule has 2 aromatic carbocycles. The van der Waals surface area contributed by atoms with E-state index >= 15 is 0 Å². The van der Waals surface area contributed by atoms with Gasteiger partial charge in [-0.2, -0.15) is 13.2 Å². The molecule has 0 aliphatic heterocycles. The van der Waals surface area contributed by atoms with Crippen LogP contribution in [0.2, 0.25) is 0 Å². The molecule has 0 bridgehead atoms. The molecule has 0 atom stereocenters. The van der Waals surface area contributed by atoms with Crippen LogP contribution in [0.4, 0.5) is 13.2 Å². The molecule has 0 aliphatic rings. The van der Waals surface area contributed by atoms with E-state index in [4.69, 9.17) is 9.47 Å². The van der Waals surface area contributed by atoms with Crippen molar-refractivity contribution in [2.75, 3.05) is 7.11 Å². The minimum absolute atomic E-state index is 0.107. The van der Waals surface area contributed by atoms with Crippen molar-refractivity contribution in [3.63, 3.8) is 0 Å². The van der Waals surface area contributed by atoms with Gasteiger partial charge in [-0.1, -0.05) is 36.4 Å². The third-order valence-electron chi connectivity index (χ3n) is 3.25. The fraction of sp³-hybridized carbons (Fsp3) is 0.176. The summed E-state index contributed by atoms with van der Waals surface area (Å²) in [6, 6.07) is 10.5. The molecule has 0 aliphatic carbocycles. The van der Waals surface area contributed by atoms with Gasteiger partial charge in [0.05, 0.1) is 12.0 Å². The Morgan fingerprint density at radius 2 is 1.80 bits per heavy atom. The second kappa shape index (κ2) is 7.69. The maximum atomic E-state index is 13.3. The first kappa shape index (κ1) is 18.3. The van der Waals surface area contributed by atoms with Crippen molar-refractivity contribution in [1.29, 1.82) is 0 Å². The van der Waals surface area contributed by atoms with Crippen molar-refractivity contribution < 1.29 is 27.6 Å². The van der Waals surface area contributed by atoms with E-state index in [1.54, 1.807) is 30.3 Å². The molecule has 0 heterocycles. The fourth-order valence-corrected chi connectivity index (χ4v) is 2.16. The fourth-order valence-electron chi connectivity index (χ4n) is 2.16. The molecule has 0 radical (unpaired) electrons. The lowest BCUT2D eigenvalue weighted by atomic mass is 10.1. The van der Waals surface area contributed by atoms with E-state index in [0.29, 0.717) is 11.8 Å². The van der Waals surface area contributed by atoms with E-state index < -0.39 is 22.4 Å². The van der Waals surface area contributed by atoms with Crippen molar-refractivity contribution in [3.8, 4) is 11.5 Å². The van der Waals surface area contributed by atoms with Gasteiger partial charge in [0.25, 0.3) is 0 Å². The van der Waals surface area contributed by atoms with E-state index in [1.807, 2.05) is 0 Å². The van der Waals surface area contributed by atoms with Gasteiger partial charge < -0.3 is 9.47 Å². The number of benzene rings is 2. The quantitative estimate of drug-likeness (QED) is 0.565. The van der Waals surface area contributed by atoms with Crippen LogP contribution in [-0.2, 0) is 12.8 Å². The first-order valence-electron chi connectivity index (χ1n) is 7.09. The maximum absolute atomic E-state index is 13.3. The second-order valence-electron chi connectivity index (χ2n) is 4.94. The van der Waals surface area contributed by atoms with Gasteiger partial charge in [0.2, 0.25) is 6.20 Å². The zero-order valence-electron chi connectivity index (χ0n) is 13.1. The van der Waals surface area contributed by atoms with Gasteiger partial charge in [-0.3, -0.25) is 10.1 Å². The van der Waals surface area contributed by atoms with Crippen LogP contribution in [0.5, 0.6) is 11.5 Å². The van der Waals surface area contributed by atoms with E-state index in [0.717, 1.165) is 18.2 Å².